The quantitative estimate of drug-likeness (QED) is 0.473. The molecule has 0 saturated carbocycles. The Morgan fingerprint density at radius 1 is 0.793 bits per heavy atom. The molecule has 0 aliphatic heterocycles. The normalized spacial score (nSPS) is 11.4. The summed E-state index contributed by atoms with van der Waals surface area (Å²) in [5.74, 6) is 0.743. The van der Waals surface area contributed by atoms with Gasteiger partial charge >= 0.3 is 0 Å². The molecule has 5 aromatic heterocycles. The number of aryl methyl sites for hydroxylation is 2. The maximum absolute atomic E-state index is 5.72. The van der Waals surface area contributed by atoms with Gasteiger partial charge in [-0.15, -0.1) is 0 Å². The van der Waals surface area contributed by atoms with Gasteiger partial charge < -0.3 is 4.74 Å². The second kappa shape index (κ2) is 6.33. The van der Waals surface area contributed by atoms with E-state index in [1.807, 2.05) is 73.5 Å². The van der Waals surface area contributed by atoms with E-state index in [9.17, 15) is 0 Å². The van der Waals surface area contributed by atoms with E-state index >= 15 is 0 Å². The summed E-state index contributed by atoms with van der Waals surface area (Å²) < 4.78 is 13.0. The molecule has 5 heterocycles. The lowest BCUT2D eigenvalue weighted by Gasteiger charge is -2.08. The van der Waals surface area contributed by atoms with Crippen molar-refractivity contribution in [3.8, 4) is 33.7 Å². The van der Waals surface area contributed by atoms with Crippen LogP contribution in [0.1, 0.15) is 5.69 Å². The zero-order valence-corrected chi connectivity index (χ0v) is 16.6. The predicted molar refractivity (Wildman–Crippen MR) is 108 cm³/mol. The molecule has 0 saturated heterocycles. The van der Waals surface area contributed by atoms with E-state index in [1.165, 1.54) is 0 Å². The molecule has 0 N–H and O–H groups in total. The first kappa shape index (κ1) is 17.2. The highest BCUT2D eigenvalue weighted by atomic mass is 16.5. The molecule has 0 aromatic carbocycles. The van der Waals surface area contributed by atoms with Crippen LogP contribution in [-0.2, 0) is 14.1 Å². The maximum Gasteiger partial charge on any atom is 0.145 e. The lowest BCUT2D eigenvalue weighted by molar-refractivity contribution is 0.418. The van der Waals surface area contributed by atoms with Crippen LogP contribution in [0.25, 0.3) is 33.5 Å². The van der Waals surface area contributed by atoms with Gasteiger partial charge in [0.1, 0.15) is 17.0 Å². The van der Waals surface area contributed by atoms with Crippen molar-refractivity contribution in [1.82, 2.24) is 39.0 Å². The molecule has 0 bridgehead atoms. The number of ether oxygens (including phenoxy) is 1. The molecule has 146 valence electrons. The molecule has 0 amide bonds. The Hall–Kier alpha value is -3.88. The number of aromatic nitrogens is 8. The molecule has 0 fully saturated rings. The fourth-order valence-electron chi connectivity index (χ4n) is 3.62. The van der Waals surface area contributed by atoms with Gasteiger partial charge in [0.25, 0.3) is 0 Å². The van der Waals surface area contributed by atoms with Crippen LogP contribution in [0.4, 0.5) is 0 Å². The average Bonchev–Trinajstić information content (AvgIpc) is 3.48. The fraction of sp³-hybridized carbons (Fsp3) is 0.200. The van der Waals surface area contributed by atoms with Crippen molar-refractivity contribution < 1.29 is 4.74 Å². The number of hydrogen-bond acceptors (Lipinski definition) is 5. The Kier molecular flexibility index (Phi) is 3.76. The Morgan fingerprint density at radius 2 is 1.55 bits per heavy atom. The van der Waals surface area contributed by atoms with Gasteiger partial charge in [-0.1, -0.05) is 0 Å². The second-order valence-electron chi connectivity index (χ2n) is 6.98. The first-order chi connectivity index (χ1) is 14.0. The van der Waals surface area contributed by atoms with E-state index in [-0.39, 0.29) is 0 Å². The van der Waals surface area contributed by atoms with Crippen molar-refractivity contribution in [2.24, 2.45) is 14.1 Å². The minimum atomic E-state index is 0.743. The zero-order chi connectivity index (χ0) is 20.1. The van der Waals surface area contributed by atoms with Gasteiger partial charge in [-0.25, -0.2) is 9.20 Å². The fourth-order valence-corrected chi connectivity index (χ4v) is 3.62. The zero-order valence-electron chi connectivity index (χ0n) is 16.6. The predicted octanol–water partition coefficient (Wildman–Crippen LogP) is 2.64. The van der Waals surface area contributed by atoms with Crippen LogP contribution in [0.15, 0.2) is 49.4 Å². The highest BCUT2D eigenvalue weighted by Crippen LogP contribution is 2.36. The molecule has 0 radical (unpaired) electrons. The molecule has 9 nitrogen and oxygen atoms in total. The van der Waals surface area contributed by atoms with Crippen molar-refractivity contribution in [3.63, 3.8) is 0 Å². The minimum Gasteiger partial charge on any atom is -0.494 e. The van der Waals surface area contributed by atoms with Crippen molar-refractivity contribution >= 4 is 5.52 Å². The number of methoxy groups -OCH3 is 1. The molecule has 9 heteroatoms. The van der Waals surface area contributed by atoms with Crippen LogP contribution in [0, 0.1) is 6.92 Å². The number of fused-ring (bicyclic) bond motifs is 1. The Labute approximate surface area is 166 Å². The number of rotatable bonds is 4. The third-order valence-corrected chi connectivity index (χ3v) is 5.07. The first-order valence-corrected chi connectivity index (χ1v) is 9.13. The molecule has 0 spiro atoms. The van der Waals surface area contributed by atoms with Crippen LogP contribution in [-0.4, -0.2) is 46.1 Å². The Morgan fingerprint density at radius 3 is 2.24 bits per heavy atom. The lowest BCUT2D eigenvalue weighted by atomic mass is 10.1. The number of hydrogen-bond donors (Lipinski definition) is 0. The monoisotopic (exact) mass is 388 g/mol. The topological polar surface area (TPSA) is 80.0 Å². The third-order valence-electron chi connectivity index (χ3n) is 5.07. The van der Waals surface area contributed by atoms with E-state index in [0.717, 1.165) is 44.9 Å². The summed E-state index contributed by atoms with van der Waals surface area (Å²) in [6, 6.07) is 2.01. The van der Waals surface area contributed by atoms with E-state index in [0.29, 0.717) is 0 Å². The van der Waals surface area contributed by atoms with Gasteiger partial charge in [0.2, 0.25) is 0 Å². The molecular weight excluding hydrogens is 368 g/mol. The summed E-state index contributed by atoms with van der Waals surface area (Å²) in [5.41, 5.74) is 6.77. The Bertz CT molecular complexity index is 1340. The number of nitrogens with zero attached hydrogens (tertiary/aromatic N) is 8. The summed E-state index contributed by atoms with van der Waals surface area (Å²) in [5, 5.41) is 17.6. The summed E-state index contributed by atoms with van der Waals surface area (Å²) in [6.07, 6.45) is 13.2. The summed E-state index contributed by atoms with van der Waals surface area (Å²) in [7, 11) is 5.46. The van der Waals surface area contributed by atoms with Crippen LogP contribution in [0.5, 0.6) is 5.75 Å². The molecule has 5 aromatic rings. The van der Waals surface area contributed by atoms with Crippen molar-refractivity contribution in [3.05, 3.63) is 55.1 Å². The Balaban J connectivity index is 1.66. The largest absolute Gasteiger partial charge is 0.494 e. The van der Waals surface area contributed by atoms with Crippen molar-refractivity contribution in [2.75, 3.05) is 7.11 Å². The highest BCUT2D eigenvalue weighted by molar-refractivity contribution is 5.87. The molecule has 0 aliphatic carbocycles. The summed E-state index contributed by atoms with van der Waals surface area (Å²) in [6.45, 7) is 2.04. The molecule has 29 heavy (non-hydrogen) atoms. The van der Waals surface area contributed by atoms with Crippen molar-refractivity contribution in [1.29, 1.82) is 0 Å². The van der Waals surface area contributed by atoms with E-state index in [4.69, 9.17) is 4.74 Å². The summed E-state index contributed by atoms with van der Waals surface area (Å²) in [4.78, 5) is 0. The number of pyridine rings is 1. The van der Waals surface area contributed by atoms with Gasteiger partial charge in [0.05, 0.1) is 38.1 Å². The van der Waals surface area contributed by atoms with E-state index in [1.54, 1.807) is 22.7 Å². The molecule has 5 rings (SSSR count). The van der Waals surface area contributed by atoms with Gasteiger partial charge in [0, 0.05) is 54.4 Å². The third kappa shape index (κ3) is 2.70. The maximum atomic E-state index is 5.72. The standard InChI is InChI=1S/C20H20N8O/c1-13-17(8-24-28(13)16-7-22-26(3)12-16)18-9-23-27-11-14(5-19(29-4)20(18)27)15-6-21-25(2)10-15/h5-12H,1-4H3. The van der Waals surface area contributed by atoms with Gasteiger partial charge in [-0.3, -0.25) is 9.36 Å². The molecule has 0 aliphatic rings. The van der Waals surface area contributed by atoms with E-state index < -0.39 is 0 Å². The molecule has 0 atom stereocenters. The lowest BCUT2D eigenvalue weighted by Crippen LogP contribution is -1.97. The van der Waals surface area contributed by atoms with Crippen LogP contribution >= 0.6 is 0 Å². The van der Waals surface area contributed by atoms with Gasteiger partial charge in [0.15, 0.2) is 0 Å². The van der Waals surface area contributed by atoms with Crippen LogP contribution < -0.4 is 4.74 Å². The van der Waals surface area contributed by atoms with Crippen LogP contribution in [0.2, 0.25) is 0 Å². The molecular formula is C20H20N8O. The molecule has 0 unspecified atom stereocenters. The van der Waals surface area contributed by atoms with E-state index in [2.05, 4.69) is 20.4 Å². The van der Waals surface area contributed by atoms with Crippen molar-refractivity contribution in [2.45, 2.75) is 6.92 Å². The summed E-state index contributed by atoms with van der Waals surface area (Å²) >= 11 is 0. The van der Waals surface area contributed by atoms with Gasteiger partial charge in [-0.05, 0) is 13.0 Å². The minimum absolute atomic E-state index is 0.743. The second-order valence-corrected chi connectivity index (χ2v) is 6.98. The first-order valence-electron chi connectivity index (χ1n) is 9.13. The SMILES string of the molecule is COc1cc(-c2cnn(C)c2)cn2ncc(-c3cnn(-c4cnn(C)c4)c3C)c12. The smallest absolute Gasteiger partial charge is 0.145 e. The van der Waals surface area contributed by atoms with Gasteiger partial charge in [-0.2, -0.15) is 20.4 Å². The average molecular weight is 388 g/mol. The highest BCUT2D eigenvalue weighted by Gasteiger charge is 2.19. The van der Waals surface area contributed by atoms with Crippen LogP contribution in [0.3, 0.4) is 0 Å².